The first-order chi connectivity index (χ1) is 10.5. The molecule has 22 heavy (non-hydrogen) atoms. The monoisotopic (exact) mass is 336 g/mol. The van der Waals surface area contributed by atoms with Crippen molar-refractivity contribution in [2.45, 2.75) is 0 Å². The minimum Gasteiger partial charge on any atom is -0.545 e. The Morgan fingerprint density at radius 3 is 2.41 bits per heavy atom. The van der Waals surface area contributed by atoms with Gasteiger partial charge in [-0.05, 0) is 18.2 Å². The fourth-order valence-corrected chi connectivity index (χ4v) is 4.31. The van der Waals surface area contributed by atoms with Crippen molar-refractivity contribution in [2.24, 2.45) is 0 Å². The summed E-state index contributed by atoms with van der Waals surface area (Å²) in [6, 6.07) is 5.90. The molecule has 1 aliphatic heterocycles. The second-order valence-electron chi connectivity index (χ2n) is 4.16. The molecule has 6 nitrogen and oxygen atoms in total. The molecule has 0 amide bonds. The van der Waals surface area contributed by atoms with Crippen molar-refractivity contribution in [3.63, 3.8) is 0 Å². The summed E-state index contributed by atoms with van der Waals surface area (Å²) in [4.78, 5) is 33.5. The van der Waals surface area contributed by atoms with Crippen LogP contribution >= 0.6 is 23.5 Å². The van der Waals surface area contributed by atoms with Gasteiger partial charge in [-0.2, -0.15) is 0 Å². The van der Waals surface area contributed by atoms with Crippen molar-refractivity contribution in [1.29, 1.82) is 0 Å². The lowest BCUT2D eigenvalue weighted by Gasteiger charge is -2.07. The number of benzene rings is 1. The van der Waals surface area contributed by atoms with Gasteiger partial charge in [0.25, 0.3) is 5.69 Å². The molecule has 1 aromatic rings. The number of ketones is 1. The largest absolute Gasteiger partial charge is 0.545 e. The third-order valence-corrected chi connectivity index (χ3v) is 5.47. The van der Waals surface area contributed by atoms with Crippen LogP contribution in [-0.4, -0.2) is 28.2 Å². The van der Waals surface area contributed by atoms with Gasteiger partial charge in [0.15, 0.2) is 5.78 Å². The molecule has 0 atom stereocenters. The molecule has 0 aromatic heterocycles. The van der Waals surface area contributed by atoms with Crippen LogP contribution in [0.15, 0.2) is 40.2 Å². The first kappa shape index (κ1) is 16.3. The fourth-order valence-electron chi connectivity index (χ4n) is 1.78. The molecule has 1 fully saturated rings. The fraction of sp³-hybridized carbons (Fsp3) is 0.143. The van der Waals surface area contributed by atoms with Gasteiger partial charge in [-0.15, -0.1) is 23.5 Å². The highest BCUT2D eigenvalue weighted by molar-refractivity contribution is 8.25. The van der Waals surface area contributed by atoms with Crippen molar-refractivity contribution in [3.05, 3.63) is 55.8 Å². The molecule has 1 heterocycles. The number of rotatable bonds is 5. The predicted octanol–water partition coefficient (Wildman–Crippen LogP) is 1.62. The van der Waals surface area contributed by atoms with Gasteiger partial charge in [-0.25, -0.2) is 0 Å². The highest BCUT2D eigenvalue weighted by Gasteiger charge is 2.19. The molecule has 1 aliphatic rings. The number of nitro groups is 1. The second-order valence-corrected chi connectivity index (χ2v) is 6.63. The highest BCUT2D eigenvalue weighted by Crippen LogP contribution is 2.38. The maximum absolute atomic E-state index is 12.1. The van der Waals surface area contributed by atoms with Crippen LogP contribution in [0.1, 0.15) is 5.56 Å². The lowest BCUT2D eigenvalue weighted by atomic mass is 10.1. The molecular weight excluding hydrogens is 326 g/mol. The summed E-state index contributed by atoms with van der Waals surface area (Å²) in [7, 11) is 0. The number of thioether (sulfide) groups is 2. The van der Waals surface area contributed by atoms with E-state index in [9.17, 15) is 24.8 Å². The van der Waals surface area contributed by atoms with Gasteiger partial charge in [0.1, 0.15) is 0 Å². The number of aliphatic carboxylic acids is 1. The molecule has 114 valence electrons. The lowest BCUT2D eigenvalue weighted by Crippen LogP contribution is -2.28. The molecule has 0 saturated carbocycles. The van der Waals surface area contributed by atoms with E-state index >= 15 is 0 Å². The van der Waals surface area contributed by atoms with Crippen LogP contribution in [0, 0.1) is 10.1 Å². The number of carboxylic acid groups (broad SMARTS) is 1. The van der Waals surface area contributed by atoms with Crippen LogP contribution < -0.4 is 5.11 Å². The average Bonchev–Trinajstić information content (AvgIpc) is 2.99. The highest BCUT2D eigenvalue weighted by atomic mass is 32.2. The summed E-state index contributed by atoms with van der Waals surface area (Å²) in [5.74, 6) is -0.792. The molecule has 0 spiro atoms. The number of nitrogens with zero attached hydrogens (tertiary/aromatic N) is 1. The van der Waals surface area contributed by atoms with E-state index in [1.165, 1.54) is 47.8 Å². The number of nitro benzene ring substituents is 1. The summed E-state index contributed by atoms with van der Waals surface area (Å²) in [6.07, 6.45) is 2.27. The van der Waals surface area contributed by atoms with Gasteiger partial charge in [-0.1, -0.05) is 12.1 Å². The Balaban J connectivity index is 2.30. The molecule has 2 rings (SSSR count). The Bertz CT molecular complexity index is 688. The molecule has 0 N–H and O–H groups in total. The summed E-state index contributed by atoms with van der Waals surface area (Å²) < 4.78 is 0.428. The van der Waals surface area contributed by atoms with Gasteiger partial charge in [0, 0.05) is 17.6 Å². The number of para-hydroxylation sites is 1. The van der Waals surface area contributed by atoms with Crippen molar-refractivity contribution in [2.75, 3.05) is 11.5 Å². The smallest absolute Gasteiger partial charge is 0.276 e. The van der Waals surface area contributed by atoms with Gasteiger partial charge in [0.2, 0.25) is 0 Å². The van der Waals surface area contributed by atoms with E-state index in [0.717, 1.165) is 17.6 Å². The van der Waals surface area contributed by atoms with E-state index in [1.54, 1.807) is 6.07 Å². The zero-order chi connectivity index (χ0) is 16.1. The van der Waals surface area contributed by atoms with Gasteiger partial charge in [-0.3, -0.25) is 14.9 Å². The van der Waals surface area contributed by atoms with E-state index < -0.39 is 16.7 Å². The standard InChI is InChI=1S/C14H11NO5S2/c16-11(12(13(17)18)14-21-7-8-22-14)6-5-9-3-1-2-4-10(9)15(19)20/h1-6H,7-8H2,(H,17,18)/p-1/b6-5+. The second kappa shape index (κ2) is 7.28. The molecule has 0 aliphatic carbocycles. The first-order valence-electron chi connectivity index (χ1n) is 6.17. The van der Waals surface area contributed by atoms with Crippen LogP contribution in [-0.2, 0) is 9.59 Å². The van der Waals surface area contributed by atoms with Crippen molar-refractivity contribution in [3.8, 4) is 0 Å². The van der Waals surface area contributed by atoms with Crippen LogP contribution in [0.5, 0.6) is 0 Å². The third-order valence-electron chi connectivity index (χ3n) is 2.75. The van der Waals surface area contributed by atoms with E-state index in [0.29, 0.717) is 4.24 Å². The van der Waals surface area contributed by atoms with E-state index in [2.05, 4.69) is 0 Å². The normalized spacial score (nSPS) is 14.3. The van der Waals surface area contributed by atoms with Gasteiger partial charge in [0.05, 0.1) is 26.3 Å². The topological polar surface area (TPSA) is 100 Å². The van der Waals surface area contributed by atoms with Crippen LogP contribution in [0.2, 0.25) is 0 Å². The Hall–Kier alpha value is -2.06. The Kier molecular flexibility index (Phi) is 5.40. The van der Waals surface area contributed by atoms with E-state index in [1.807, 2.05) is 0 Å². The quantitative estimate of drug-likeness (QED) is 0.265. The van der Waals surface area contributed by atoms with Gasteiger partial charge >= 0.3 is 0 Å². The minimum absolute atomic E-state index is 0.154. The molecule has 8 heteroatoms. The number of carbonyl (C=O) groups is 2. The third kappa shape index (κ3) is 3.77. The number of hydrogen-bond donors (Lipinski definition) is 0. The maximum atomic E-state index is 12.1. The molecule has 0 unspecified atom stereocenters. The van der Waals surface area contributed by atoms with Crippen LogP contribution in [0.25, 0.3) is 6.08 Å². The summed E-state index contributed by atoms with van der Waals surface area (Å²) in [6.45, 7) is 0. The van der Waals surface area contributed by atoms with Crippen molar-refractivity contribution in [1.82, 2.24) is 0 Å². The molecular formula is C14H10NO5S2-. The Labute approximate surface area is 134 Å². The Morgan fingerprint density at radius 2 is 1.82 bits per heavy atom. The molecule has 1 saturated heterocycles. The average molecular weight is 336 g/mol. The van der Waals surface area contributed by atoms with Crippen LogP contribution in [0.3, 0.4) is 0 Å². The van der Waals surface area contributed by atoms with Crippen molar-refractivity contribution < 1.29 is 19.6 Å². The van der Waals surface area contributed by atoms with E-state index in [-0.39, 0.29) is 16.8 Å². The lowest BCUT2D eigenvalue weighted by molar-refractivity contribution is -0.385. The van der Waals surface area contributed by atoms with E-state index in [4.69, 9.17) is 0 Å². The minimum atomic E-state index is -1.53. The number of hydrogen-bond acceptors (Lipinski definition) is 7. The maximum Gasteiger partial charge on any atom is 0.276 e. The number of carbonyl (C=O) groups excluding carboxylic acids is 2. The van der Waals surface area contributed by atoms with Gasteiger partial charge < -0.3 is 9.90 Å². The SMILES string of the molecule is O=C([O-])C(C(=O)/C=C/c1ccccc1[N+](=O)[O-])=C1SCCS1. The van der Waals surface area contributed by atoms with Crippen LogP contribution in [0.4, 0.5) is 5.69 Å². The van der Waals surface area contributed by atoms with Crippen molar-refractivity contribution >= 4 is 47.0 Å². The number of allylic oxidation sites excluding steroid dienone is 1. The Morgan fingerprint density at radius 1 is 1.18 bits per heavy atom. The zero-order valence-electron chi connectivity index (χ0n) is 11.2. The summed E-state index contributed by atoms with van der Waals surface area (Å²) >= 11 is 2.59. The summed E-state index contributed by atoms with van der Waals surface area (Å²) in [5.41, 5.74) is -0.309. The molecule has 0 bridgehead atoms. The molecule has 0 radical (unpaired) electrons. The summed E-state index contributed by atoms with van der Waals surface area (Å²) in [5, 5.41) is 22.0. The zero-order valence-corrected chi connectivity index (χ0v) is 12.8. The molecule has 1 aromatic carbocycles. The first-order valence-corrected chi connectivity index (χ1v) is 8.15. The predicted molar refractivity (Wildman–Crippen MR) is 84.1 cm³/mol. The number of carboxylic acids is 1.